The Hall–Kier alpha value is -2.82. The first kappa shape index (κ1) is 21.4. The van der Waals surface area contributed by atoms with Crippen molar-refractivity contribution in [3.63, 3.8) is 0 Å². The van der Waals surface area contributed by atoms with Crippen molar-refractivity contribution in [2.24, 2.45) is 5.92 Å². The molecule has 1 aromatic heterocycles. The van der Waals surface area contributed by atoms with Crippen LogP contribution in [0.5, 0.6) is 0 Å². The molecule has 1 fully saturated rings. The highest BCUT2D eigenvalue weighted by Gasteiger charge is 2.31. The number of halogens is 1. The predicted octanol–water partition coefficient (Wildman–Crippen LogP) is 2.99. The average molecular weight is 461 g/mol. The second-order valence-electron chi connectivity index (χ2n) is 7.51. The molecule has 1 amide bonds. The van der Waals surface area contributed by atoms with Gasteiger partial charge in [0.15, 0.2) is 0 Å². The zero-order valence-corrected chi connectivity index (χ0v) is 18.3. The number of anilines is 1. The summed E-state index contributed by atoms with van der Waals surface area (Å²) in [6.45, 7) is 2.92. The molecule has 0 spiro atoms. The predicted molar refractivity (Wildman–Crippen MR) is 116 cm³/mol. The van der Waals surface area contributed by atoms with Crippen LogP contribution in [0.3, 0.4) is 0 Å². The van der Waals surface area contributed by atoms with Gasteiger partial charge in [-0.15, -0.1) is 5.10 Å². The maximum Gasteiger partial charge on any atom is 0.255 e. The van der Waals surface area contributed by atoms with Crippen LogP contribution in [0.1, 0.15) is 30.1 Å². The summed E-state index contributed by atoms with van der Waals surface area (Å²) in [6, 6.07) is 11.2. The first-order valence-electron chi connectivity index (χ1n) is 9.79. The second-order valence-corrected chi connectivity index (χ2v) is 9.83. The van der Waals surface area contributed by atoms with Gasteiger partial charge in [0.2, 0.25) is 10.0 Å². The number of nitrogens with zero attached hydrogens (tertiary/aromatic N) is 5. The van der Waals surface area contributed by atoms with Crippen molar-refractivity contribution in [2.75, 3.05) is 18.4 Å². The molecule has 0 bridgehead atoms. The van der Waals surface area contributed by atoms with E-state index in [0.29, 0.717) is 24.5 Å². The number of hydrogen-bond donors (Lipinski definition) is 1. The molecule has 0 aliphatic carbocycles. The van der Waals surface area contributed by atoms with E-state index in [0.717, 1.165) is 12.8 Å². The zero-order chi connectivity index (χ0) is 22.0. The molecule has 0 radical (unpaired) electrons. The molecule has 1 saturated heterocycles. The van der Waals surface area contributed by atoms with Gasteiger partial charge in [-0.05, 0) is 65.6 Å². The first-order chi connectivity index (χ1) is 14.8. The van der Waals surface area contributed by atoms with Crippen LogP contribution < -0.4 is 5.32 Å². The van der Waals surface area contributed by atoms with Crippen LogP contribution >= 0.6 is 11.6 Å². The van der Waals surface area contributed by atoms with Crippen molar-refractivity contribution in [2.45, 2.75) is 24.7 Å². The number of aromatic nitrogens is 4. The maximum absolute atomic E-state index is 13.2. The van der Waals surface area contributed by atoms with Crippen LogP contribution in [0, 0.1) is 5.92 Å². The topological polar surface area (TPSA) is 110 Å². The number of piperidine rings is 1. The molecule has 2 heterocycles. The van der Waals surface area contributed by atoms with E-state index >= 15 is 0 Å². The highest BCUT2D eigenvalue weighted by Crippen LogP contribution is 2.29. The largest absolute Gasteiger partial charge is 0.322 e. The van der Waals surface area contributed by atoms with Gasteiger partial charge in [0.05, 0.1) is 10.7 Å². The number of tetrazole rings is 1. The van der Waals surface area contributed by atoms with Crippen LogP contribution in [-0.4, -0.2) is 51.9 Å². The van der Waals surface area contributed by atoms with Crippen molar-refractivity contribution in [1.82, 2.24) is 24.5 Å². The molecule has 0 saturated carbocycles. The quantitative estimate of drug-likeness (QED) is 0.626. The first-order valence-corrected chi connectivity index (χ1v) is 11.6. The Morgan fingerprint density at radius 3 is 2.81 bits per heavy atom. The van der Waals surface area contributed by atoms with Crippen LogP contribution in [0.2, 0.25) is 5.02 Å². The Bertz CT molecular complexity index is 1200. The number of carbonyl (C=O) groups excluding carboxylic acids is 1. The van der Waals surface area contributed by atoms with Crippen molar-refractivity contribution in [1.29, 1.82) is 0 Å². The Labute approximate surface area is 185 Å². The van der Waals surface area contributed by atoms with Crippen molar-refractivity contribution < 1.29 is 13.2 Å². The molecule has 162 valence electrons. The summed E-state index contributed by atoms with van der Waals surface area (Å²) < 4.78 is 29.2. The SMILES string of the molecule is CC1CCCN(S(=O)(=O)c2cc(C(=O)Nc3cccc(-n4cnnn4)c3)ccc2Cl)C1. The van der Waals surface area contributed by atoms with Gasteiger partial charge in [-0.25, -0.2) is 13.1 Å². The van der Waals surface area contributed by atoms with Gasteiger partial charge in [-0.1, -0.05) is 24.6 Å². The fourth-order valence-electron chi connectivity index (χ4n) is 3.56. The molecule has 1 aliphatic heterocycles. The summed E-state index contributed by atoms with van der Waals surface area (Å²) in [7, 11) is -3.79. The number of amides is 1. The summed E-state index contributed by atoms with van der Waals surface area (Å²) in [4.78, 5) is 12.8. The summed E-state index contributed by atoms with van der Waals surface area (Å²) >= 11 is 6.22. The third kappa shape index (κ3) is 4.60. The molecule has 11 heteroatoms. The minimum Gasteiger partial charge on any atom is -0.322 e. The maximum atomic E-state index is 13.2. The van der Waals surface area contributed by atoms with E-state index in [9.17, 15) is 13.2 Å². The van der Waals surface area contributed by atoms with Gasteiger partial charge < -0.3 is 5.32 Å². The van der Waals surface area contributed by atoms with Crippen molar-refractivity contribution in [3.05, 3.63) is 59.4 Å². The molecule has 1 atom stereocenters. The third-order valence-corrected chi connectivity index (χ3v) is 7.50. The zero-order valence-electron chi connectivity index (χ0n) is 16.8. The summed E-state index contributed by atoms with van der Waals surface area (Å²) in [5.74, 6) is -0.171. The van der Waals surface area contributed by atoms with Crippen LogP contribution in [0.4, 0.5) is 5.69 Å². The lowest BCUT2D eigenvalue weighted by Crippen LogP contribution is -2.39. The number of hydrogen-bond acceptors (Lipinski definition) is 6. The lowest BCUT2D eigenvalue weighted by atomic mass is 10.0. The minimum atomic E-state index is -3.79. The Morgan fingerprint density at radius 1 is 1.23 bits per heavy atom. The highest BCUT2D eigenvalue weighted by molar-refractivity contribution is 7.89. The summed E-state index contributed by atoms with van der Waals surface area (Å²) in [5.41, 5.74) is 1.38. The number of nitrogens with one attached hydrogen (secondary N) is 1. The molecule has 1 unspecified atom stereocenters. The van der Waals surface area contributed by atoms with Gasteiger partial charge >= 0.3 is 0 Å². The Balaban J connectivity index is 1.58. The molecule has 3 aromatic rings. The Kier molecular flexibility index (Phi) is 6.03. The normalized spacial score (nSPS) is 17.4. The van der Waals surface area contributed by atoms with Gasteiger partial charge in [-0.2, -0.15) is 4.31 Å². The molecule has 31 heavy (non-hydrogen) atoms. The van der Waals surface area contributed by atoms with Crippen LogP contribution in [-0.2, 0) is 10.0 Å². The number of carbonyl (C=O) groups is 1. The van der Waals surface area contributed by atoms with Crippen molar-refractivity contribution in [3.8, 4) is 5.69 Å². The minimum absolute atomic E-state index is 0.0571. The van der Waals surface area contributed by atoms with Crippen molar-refractivity contribution >= 4 is 33.2 Å². The monoisotopic (exact) mass is 460 g/mol. The van der Waals surface area contributed by atoms with E-state index in [4.69, 9.17) is 11.6 Å². The number of rotatable bonds is 5. The number of sulfonamides is 1. The molecule has 2 aromatic carbocycles. The van der Waals surface area contributed by atoms with E-state index in [-0.39, 0.29) is 21.4 Å². The fraction of sp³-hybridized carbons (Fsp3) is 0.300. The lowest BCUT2D eigenvalue weighted by Gasteiger charge is -2.30. The van der Waals surface area contributed by atoms with E-state index in [2.05, 4.69) is 20.8 Å². The van der Waals surface area contributed by atoms with E-state index in [1.807, 2.05) is 6.92 Å². The molecule has 9 nitrogen and oxygen atoms in total. The number of benzene rings is 2. The molecule has 1 N–H and O–H groups in total. The molecule has 4 rings (SSSR count). The molecule has 1 aliphatic rings. The molecular formula is C20H21ClN6O3S. The van der Waals surface area contributed by atoms with E-state index in [1.54, 1.807) is 24.3 Å². The molecular weight excluding hydrogens is 440 g/mol. The van der Waals surface area contributed by atoms with E-state index in [1.165, 1.54) is 33.5 Å². The van der Waals surface area contributed by atoms with Gasteiger partial charge in [0.25, 0.3) is 5.91 Å². The van der Waals surface area contributed by atoms with E-state index < -0.39 is 15.9 Å². The summed E-state index contributed by atoms with van der Waals surface area (Å²) in [6.07, 6.45) is 3.24. The highest BCUT2D eigenvalue weighted by atomic mass is 35.5. The standard InChI is InChI=1S/C20H21ClN6O3S/c1-14-4-3-9-26(12-14)31(29,30)19-10-15(7-8-18(19)21)20(28)23-16-5-2-6-17(11-16)27-13-22-24-25-27/h2,5-8,10-11,13-14H,3-4,9,12H2,1H3,(H,23,28). The van der Waals surface area contributed by atoms with Crippen LogP contribution in [0.25, 0.3) is 5.69 Å². The van der Waals surface area contributed by atoms with Gasteiger partial charge in [0.1, 0.15) is 11.2 Å². The van der Waals surface area contributed by atoms with Gasteiger partial charge in [0, 0.05) is 24.3 Å². The third-order valence-electron chi connectivity index (χ3n) is 5.15. The smallest absolute Gasteiger partial charge is 0.255 e. The summed E-state index contributed by atoms with van der Waals surface area (Å²) in [5, 5.41) is 13.9. The average Bonchev–Trinajstić information content (AvgIpc) is 3.29. The van der Waals surface area contributed by atoms with Gasteiger partial charge in [-0.3, -0.25) is 4.79 Å². The second kappa shape index (κ2) is 8.74. The Morgan fingerprint density at radius 2 is 2.06 bits per heavy atom. The fourth-order valence-corrected chi connectivity index (χ4v) is 5.65. The lowest BCUT2D eigenvalue weighted by molar-refractivity contribution is 0.102. The van der Waals surface area contributed by atoms with Crippen LogP contribution in [0.15, 0.2) is 53.7 Å².